The highest BCUT2D eigenvalue weighted by molar-refractivity contribution is 6.04. The van der Waals surface area contributed by atoms with Crippen molar-refractivity contribution < 1.29 is 4.79 Å². The van der Waals surface area contributed by atoms with Crippen LogP contribution in [-0.2, 0) is 0 Å². The van der Waals surface area contributed by atoms with Crippen molar-refractivity contribution in [3.05, 3.63) is 102 Å². The van der Waals surface area contributed by atoms with Crippen molar-refractivity contribution in [1.29, 1.82) is 0 Å². The minimum absolute atomic E-state index is 0.154. The zero-order valence-corrected chi connectivity index (χ0v) is 17.5. The Hall–Kier alpha value is -3.66. The number of nitrogens with zero attached hydrogens (tertiary/aromatic N) is 2. The molecule has 0 aliphatic heterocycles. The normalized spacial score (nSPS) is 10.9. The molecule has 0 unspecified atom stereocenters. The third-order valence-electron chi connectivity index (χ3n) is 5.11. The molecule has 0 spiro atoms. The van der Waals surface area contributed by atoms with Gasteiger partial charge >= 0.3 is 0 Å². The van der Waals surface area contributed by atoms with Gasteiger partial charge in [-0.25, -0.2) is 4.68 Å². The second-order valence-corrected chi connectivity index (χ2v) is 7.76. The van der Waals surface area contributed by atoms with E-state index >= 15 is 0 Å². The van der Waals surface area contributed by atoms with Gasteiger partial charge in [0.25, 0.3) is 5.91 Å². The molecule has 0 bridgehead atoms. The highest BCUT2D eigenvalue weighted by Crippen LogP contribution is 2.26. The quantitative estimate of drug-likeness (QED) is 0.436. The largest absolute Gasteiger partial charge is 0.306 e. The Balaban J connectivity index is 1.69. The SMILES string of the molecule is Cc1cccc(-c2cc(NC(=O)c3ccc(C(C)C)cc3)n(-c3ccccc3)n2)c1. The van der Waals surface area contributed by atoms with E-state index in [0.717, 1.165) is 22.5 Å². The predicted octanol–water partition coefficient (Wildman–Crippen LogP) is 6.22. The summed E-state index contributed by atoms with van der Waals surface area (Å²) < 4.78 is 1.78. The summed E-state index contributed by atoms with van der Waals surface area (Å²) in [7, 11) is 0. The first kappa shape index (κ1) is 19.6. The van der Waals surface area contributed by atoms with Gasteiger partial charge in [-0.05, 0) is 48.7 Å². The Morgan fingerprint density at radius 1 is 0.900 bits per heavy atom. The van der Waals surface area contributed by atoms with Crippen LogP contribution in [0.4, 0.5) is 5.82 Å². The van der Waals surface area contributed by atoms with E-state index in [-0.39, 0.29) is 5.91 Å². The van der Waals surface area contributed by atoms with Gasteiger partial charge in [-0.3, -0.25) is 4.79 Å². The van der Waals surface area contributed by atoms with Gasteiger partial charge in [0.15, 0.2) is 0 Å². The number of aromatic nitrogens is 2. The molecule has 30 heavy (non-hydrogen) atoms. The molecule has 0 aliphatic carbocycles. The van der Waals surface area contributed by atoms with Crippen LogP contribution in [0, 0.1) is 6.92 Å². The number of nitrogens with one attached hydrogen (secondary N) is 1. The van der Waals surface area contributed by atoms with Crippen LogP contribution < -0.4 is 5.32 Å². The highest BCUT2D eigenvalue weighted by Gasteiger charge is 2.15. The number of hydrogen-bond acceptors (Lipinski definition) is 2. The van der Waals surface area contributed by atoms with Crippen molar-refractivity contribution in [3.63, 3.8) is 0 Å². The molecule has 3 aromatic carbocycles. The lowest BCUT2D eigenvalue weighted by atomic mass is 10.0. The fourth-order valence-corrected chi connectivity index (χ4v) is 3.39. The van der Waals surface area contributed by atoms with E-state index in [0.29, 0.717) is 17.3 Å². The van der Waals surface area contributed by atoms with E-state index in [2.05, 4.69) is 38.2 Å². The number of benzene rings is 3. The molecule has 4 aromatic rings. The van der Waals surface area contributed by atoms with Gasteiger partial charge in [0.2, 0.25) is 0 Å². The number of carbonyl (C=O) groups excluding carboxylic acids is 1. The van der Waals surface area contributed by atoms with Crippen molar-refractivity contribution >= 4 is 11.7 Å². The zero-order valence-electron chi connectivity index (χ0n) is 17.5. The lowest BCUT2D eigenvalue weighted by Gasteiger charge is -2.10. The fourth-order valence-electron chi connectivity index (χ4n) is 3.39. The fraction of sp³-hybridized carbons (Fsp3) is 0.154. The number of amides is 1. The van der Waals surface area contributed by atoms with Crippen LogP contribution in [0.3, 0.4) is 0 Å². The number of para-hydroxylation sites is 1. The topological polar surface area (TPSA) is 46.9 Å². The Kier molecular flexibility index (Phi) is 5.48. The smallest absolute Gasteiger partial charge is 0.256 e. The van der Waals surface area contributed by atoms with Gasteiger partial charge in [0.1, 0.15) is 5.82 Å². The molecular weight excluding hydrogens is 370 g/mol. The maximum absolute atomic E-state index is 12.9. The predicted molar refractivity (Wildman–Crippen MR) is 122 cm³/mol. The summed E-state index contributed by atoms with van der Waals surface area (Å²) in [6.07, 6.45) is 0. The van der Waals surface area contributed by atoms with Crippen molar-refractivity contribution in [3.8, 4) is 16.9 Å². The number of rotatable bonds is 5. The Morgan fingerprint density at radius 2 is 1.63 bits per heavy atom. The highest BCUT2D eigenvalue weighted by atomic mass is 16.1. The molecule has 0 atom stereocenters. The average Bonchev–Trinajstić information content (AvgIpc) is 3.18. The van der Waals surface area contributed by atoms with Crippen LogP contribution >= 0.6 is 0 Å². The standard InChI is InChI=1S/C26H25N3O/c1-18(2)20-12-14-21(15-13-20)26(30)27-25-17-24(22-9-7-8-19(3)16-22)28-29(25)23-10-5-4-6-11-23/h4-18H,1-3H3,(H,27,30). The number of aryl methyl sites for hydroxylation is 1. The minimum atomic E-state index is -0.154. The molecule has 0 saturated carbocycles. The molecule has 4 nitrogen and oxygen atoms in total. The summed E-state index contributed by atoms with van der Waals surface area (Å²) in [4.78, 5) is 12.9. The van der Waals surface area contributed by atoms with Gasteiger partial charge in [0, 0.05) is 17.2 Å². The summed E-state index contributed by atoms with van der Waals surface area (Å²) in [6.45, 7) is 6.34. The first-order valence-electron chi connectivity index (χ1n) is 10.1. The van der Waals surface area contributed by atoms with Gasteiger partial charge in [-0.15, -0.1) is 0 Å². The molecule has 4 heteroatoms. The van der Waals surface area contributed by atoms with E-state index in [1.165, 1.54) is 5.56 Å². The summed E-state index contributed by atoms with van der Waals surface area (Å²) in [5, 5.41) is 7.82. The maximum atomic E-state index is 12.9. The molecule has 1 amide bonds. The van der Waals surface area contributed by atoms with E-state index < -0.39 is 0 Å². The van der Waals surface area contributed by atoms with Gasteiger partial charge in [-0.2, -0.15) is 5.10 Å². The van der Waals surface area contributed by atoms with Crippen LogP contribution in [0.25, 0.3) is 16.9 Å². The van der Waals surface area contributed by atoms with Crippen LogP contribution in [0.1, 0.15) is 41.3 Å². The van der Waals surface area contributed by atoms with Crippen molar-refractivity contribution in [2.24, 2.45) is 0 Å². The van der Waals surface area contributed by atoms with E-state index in [1.54, 1.807) is 4.68 Å². The van der Waals surface area contributed by atoms with Crippen LogP contribution in [0.15, 0.2) is 84.9 Å². The third kappa shape index (κ3) is 4.18. The summed E-state index contributed by atoms with van der Waals surface area (Å²) in [5.41, 5.74) is 5.72. The number of hydrogen-bond donors (Lipinski definition) is 1. The van der Waals surface area contributed by atoms with Crippen molar-refractivity contribution in [2.45, 2.75) is 26.7 Å². The molecule has 0 aliphatic rings. The Morgan fingerprint density at radius 3 is 2.30 bits per heavy atom. The van der Waals surface area contributed by atoms with Gasteiger partial charge in [0.05, 0.1) is 11.4 Å². The molecule has 150 valence electrons. The summed E-state index contributed by atoms with van der Waals surface area (Å²) in [6, 6.07) is 27.7. The van der Waals surface area contributed by atoms with Crippen LogP contribution in [0.2, 0.25) is 0 Å². The molecule has 0 saturated heterocycles. The van der Waals surface area contributed by atoms with Gasteiger partial charge < -0.3 is 5.32 Å². The molecule has 4 rings (SSSR count). The summed E-state index contributed by atoms with van der Waals surface area (Å²) >= 11 is 0. The van der Waals surface area contributed by atoms with E-state index in [9.17, 15) is 4.79 Å². The first-order chi connectivity index (χ1) is 14.5. The second-order valence-electron chi connectivity index (χ2n) is 7.76. The molecule has 1 heterocycles. The molecule has 0 radical (unpaired) electrons. The first-order valence-corrected chi connectivity index (χ1v) is 10.1. The number of carbonyl (C=O) groups is 1. The lowest BCUT2D eigenvalue weighted by molar-refractivity contribution is 0.102. The van der Waals surface area contributed by atoms with Gasteiger partial charge in [-0.1, -0.05) is 67.9 Å². The average molecular weight is 396 g/mol. The van der Waals surface area contributed by atoms with Crippen LogP contribution in [-0.4, -0.2) is 15.7 Å². The Bertz CT molecular complexity index is 1160. The molecular formula is C26H25N3O. The second kappa shape index (κ2) is 8.37. The monoisotopic (exact) mass is 395 g/mol. The van der Waals surface area contributed by atoms with Crippen molar-refractivity contribution in [2.75, 3.05) is 5.32 Å². The van der Waals surface area contributed by atoms with E-state index in [1.807, 2.05) is 72.8 Å². The minimum Gasteiger partial charge on any atom is -0.306 e. The molecule has 0 fully saturated rings. The Labute approximate surface area is 177 Å². The van der Waals surface area contributed by atoms with E-state index in [4.69, 9.17) is 5.10 Å². The van der Waals surface area contributed by atoms with Crippen molar-refractivity contribution in [1.82, 2.24) is 9.78 Å². The zero-order chi connectivity index (χ0) is 21.1. The molecule has 1 N–H and O–H groups in total. The third-order valence-corrected chi connectivity index (χ3v) is 5.11. The number of anilines is 1. The summed E-state index contributed by atoms with van der Waals surface area (Å²) in [5.74, 6) is 0.910. The molecule has 1 aromatic heterocycles. The van der Waals surface area contributed by atoms with Crippen LogP contribution in [0.5, 0.6) is 0 Å². The maximum Gasteiger partial charge on any atom is 0.256 e. The lowest BCUT2D eigenvalue weighted by Crippen LogP contribution is -2.15.